The second kappa shape index (κ2) is 18.0. The first-order chi connectivity index (χ1) is 11.7. The van der Waals surface area contributed by atoms with Gasteiger partial charge in [0, 0.05) is 12.8 Å². The van der Waals surface area contributed by atoms with Crippen LogP contribution in [-0.4, -0.2) is 25.2 Å². The Morgan fingerprint density at radius 1 is 0.750 bits per heavy atom. The normalized spacial score (nSPS) is 10.4. The fraction of sp³-hybridized carbons (Fsp3) is 0.800. The van der Waals surface area contributed by atoms with Crippen molar-refractivity contribution < 1.29 is 19.1 Å². The molecule has 0 unspecified atom stereocenters. The lowest BCUT2D eigenvalue weighted by molar-refractivity contribution is -0.146. The van der Waals surface area contributed by atoms with E-state index in [1.165, 1.54) is 32.1 Å². The van der Waals surface area contributed by atoms with E-state index in [2.05, 4.69) is 13.5 Å². The topological polar surface area (TPSA) is 52.6 Å². The van der Waals surface area contributed by atoms with E-state index < -0.39 is 0 Å². The average Bonchev–Trinajstić information content (AvgIpc) is 2.58. The lowest BCUT2D eigenvalue weighted by atomic mass is 10.1. The standard InChI is InChI=1S/C20H36O4/c1-3-5-7-8-9-10-14-18-24-20(22)16-12-11-15-19(21)23-17-13-6-4-2/h4H,2-3,5-18H2,1H3. The average molecular weight is 341 g/mol. The smallest absolute Gasteiger partial charge is 0.305 e. The molecule has 0 spiro atoms. The molecular weight excluding hydrogens is 304 g/mol. The summed E-state index contributed by atoms with van der Waals surface area (Å²) < 4.78 is 10.3. The van der Waals surface area contributed by atoms with Crippen molar-refractivity contribution in [2.45, 2.75) is 90.4 Å². The first-order valence-corrected chi connectivity index (χ1v) is 9.62. The second-order valence-electron chi connectivity index (χ2n) is 6.20. The van der Waals surface area contributed by atoms with Crippen molar-refractivity contribution in [3.8, 4) is 0 Å². The Kier molecular flexibility index (Phi) is 17.0. The molecule has 0 aliphatic heterocycles. The van der Waals surface area contributed by atoms with Gasteiger partial charge in [-0.25, -0.2) is 0 Å². The van der Waals surface area contributed by atoms with Gasteiger partial charge in [0.05, 0.1) is 13.2 Å². The van der Waals surface area contributed by atoms with Crippen LogP contribution in [0.2, 0.25) is 0 Å². The molecule has 0 amide bonds. The number of unbranched alkanes of at least 4 members (excludes halogenated alkanes) is 8. The van der Waals surface area contributed by atoms with Crippen LogP contribution in [0.5, 0.6) is 0 Å². The van der Waals surface area contributed by atoms with Crippen molar-refractivity contribution in [1.82, 2.24) is 0 Å². The van der Waals surface area contributed by atoms with Crippen molar-refractivity contribution >= 4 is 11.9 Å². The maximum absolute atomic E-state index is 11.6. The van der Waals surface area contributed by atoms with Gasteiger partial charge in [-0.15, -0.1) is 6.58 Å². The van der Waals surface area contributed by atoms with Crippen LogP contribution in [0.15, 0.2) is 12.7 Å². The Balaban J connectivity index is 3.31. The third-order valence-corrected chi connectivity index (χ3v) is 3.84. The van der Waals surface area contributed by atoms with E-state index >= 15 is 0 Å². The summed E-state index contributed by atoms with van der Waals surface area (Å²) in [6.45, 7) is 6.81. The molecule has 0 rings (SSSR count). The highest BCUT2D eigenvalue weighted by molar-refractivity contribution is 5.70. The highest BCUT2D eigenvalue weighted by Crippen LogP contribution is 2.08. The van der Waals surface area contributed by atoms with E-state index in [1.54, 1.807) is 0 Å². The molecule has 4 nitrogen and oxygen atoms in total. The van der Waals surface area contributed by atoms with Crippen LogP contribution >= 0.6 is 0 Å². The third kappa shape index (κ3) is 17.0. The van der Waals surface area contributed by atoms with Gasteiger partial charge in [-0.1, -0.05) is 51.5 Å². The molecule has 140 valence electrons. The van der Waals surface area contributed by atoms with Gasteiger partial charge in [0.2, 0.25) is 0 Å². The van der Waals surface area contributed by atoms with Crippen molar-refractivity contribution in [1.29, 1.82) is 0 Å². The summed E-state index contributed by atoms with van der Waals surface area (Å²) in [6, 6.07) is 0. The minimum Gasteiger partial charge on any atom is -0.466 e. The van der Waals surface area contributed by atoms with Crippen LogP contribution in [0.3, 0.4) is 0 Å². The minimum absolute atomic E-state index is 0.152. The molecule has 0 atom stereocenters. The quantitative estimate of drug-likeness (QED) is 0.203. The van der Waals surface area contributed by atoms with Crippen LogP contribution in [0.1, 0.15) is 90.4 Å². The SMILES string of the molecule is C=CCCCOC(=O)CCCCC(=O)OCCCCCCCCC. The van der Waals surface area contributed by atoms with Crippen LogP contribution < -0.4 is 0 Å². The predicted molar refractivity (Wildman–Crippen MR) is 97.8 cm³/mol. The summed E-state index contributed by atoms with van der Waals surface area (Å²) in [7, 11) is 0. The Labute approximate surface area is 148 Å². The number of allylic oxidation sites excluding steroid dienone is 1. The van der Waals surface area contributed by atoms with Gasteiger partial charge >= 0.3 is 11.9 Å². The first-order valence-electron chi connectivity index (χ1n) is 9.62. The Morgan fingerprint density at radius 3 is 1.79 bits per heavy atom. The van der Waals surface area contributed by atoms with Gasteiger partial charge in [-0.05, 0) is 32.1 Å². The van der Waals surface area contributed by atoms with E-state index in [0.717, 1.165) is 25.7 Å². The summed E-state index contributed by atoms with van der Waals surface area (Å²) >= 11 is 0. The summed E-state index contributed by atoms with van der Waals surface area (Å²) in [6.07, 6.45) is 14.1. The van der Waals surface area contributed by atoms with Gasteiger partial charge in [-0.3, -0.25) is 9.59 Å². The molecule has 0 radical (unpaired) electrons. The van der Waals surface area contributed by atoms with Crippen LogP contribution in [0.4, 0.5) is 0 Å². The highest BCUT2D eigenvalue weighted by Gasteiger charge is 2.06. The summed E-state index contributed by atoms with van der Waals surface area (Å²) in [5, 5.41) is 0. The maximum Gasteiger partial charge on any atom is 0.305 e. The fourth-order valence-corrected chi connectivity index (χ4v) is 2.34. The van der Waals surface area contributed by atoms with Crippen LogP contribution in [0.25, 0.3) is 0 Å². The van der Waals surface area contributed by atoms with E-state index in [-0.39, 0.29) is 11.9 Å². The number of ether oxygens (including phenoxy) is 2. The van der Waals surface area contributed by atoms with E-state index in [0.29, 0.717) is 38.9 Å². The molecule has 0 aromatic carbocycles. The summed E-state index contributed by atoms with van der Waals surface area (Å²) in [5.41, 5.74) is 0. The molecule has 4 heteroatoms. The van der Waals surface area contributed by atoms with E-state index in [1.807, 2.05) is 6.08 Å². The zero-order valence-electron chi connectivity index (χ0n) is 15.5. The Morgan fingerprint density at radius 2 is 1.25 bits per heavy atom. The van der Waals surface area contributed by atoms with Gasteiger partial charge < -0.3 is 9.47 Å². The molecule has 0 aliphatic rings. The number of hydrogen-bond acceptors (Lipinski definition) is 4. The first kappa shape index (κ1) is 22.7. The number of carbonyl (C=O) groups excluding carboxylic acids is 2. The molecule has 0 aromatic rings. The molecule has 0 aliphatic carbocycles. The lowest BCUT2D eigenvalue weighted by Crippen LogP contribution is -2.08. The van der Waals surface area contributed by atoms with Crippen LogP contribution in [0, 0.1) is 0 Å². The van der Waals surface area contributed by atoms with Gasteiger partial charge in [-0.2, -0.15) is 0 Å². The number of rotatable bonds is 17. The summed E-state index contributed by atoms with van der Waals surface area (Å²) in [4.78, 5) is 23.0. The predicted octanol–water partition coefficient (Wildman–Crippen LogP) is 5.35. The zero-order chi connectivity index (χ0) is 17.9. The zero-order valence-corrected chi connectivity index (χ0v) is 15.5. The fourth-order valence-electron chi connectivity index (χ4n) is 2.34. The van der Waals surface area contributed by atoms with Gasteiger partial charge in [0.15, 0.2) is 0 Å². The Bertz CT molecular complexity index is 326. The van der Waals surface area contributed by atoms with Gasteiger partial charge in [0.25, 0.3) is 0 Å². The third-order valence-electron chi connectivity index (χ3n) is 3.84. The van der Waals surface area contributed by atoms with Crippen molar-refractivity contribution in [2.24, 2.45) is 0 Å². The second-order valence-corrected chi connectivity index (χ2v) is 6.20. The molecular formula is C20H36O4. The monoisotopic (exact) mass is 340 g/mol. The molecule has 0 saturated heterocycles. The summed E-state index contributed by atoms with van der Waals surface area (Å²) in [5.74, 6) is -0.337. The van der Waals surface area contributed by atoms with Crippen molar-refractivity contribution in [2.75, 3.05) is 13.2 Å². The number of hydrogen-bond donors (Lipinski definition) is 0. The van der Waals surface area contributed by atoms with Crippen LogP contribution in [-0.2, 0) is 19.1 Å². The molecule has 24 heavy (non-hydrogen) atoms. The molecule has 0 N–H and O–H groups in total. The van der Waals surface area contributed by atoms with Crippen molar-refractivity contribution in [3.05, 3.63) is 12.7 Å². The number of esters is 2. The highest BCUT2D eigenvalue weighted by atomic mass is 16.5. The van der Waals surface area contributed by atoms with E-state index in [4.69, 9.17) is 9.47 Å². The molecule has 0 aromatic heterocycles. The maximum atomic E-state index is 11.6. The minimum atomic E-state index is -0.185. The van der Waals surface area contributed by atoms with Crippen molar-refractivity contribution in [3.63, 3.8) is 0 Å². The lowest BCUT2D eigenvalue weighted by Gasteiger charge is -2.05. The molecule has 0 saturated carbocycles. The largest absolute Gasteiger partial charge is 0.466 e. The van der Waals surface area contributed by atoms with E-state index in [9.17, 15) is 9.59 Å². The number of carbonyl (C=O) groups is 2. The molecule has 0 bridgehead atoms. The van der Waals surface area contributed by atoms with Gasteiger partial charge in [0.1, 0.15) is 0 Å². The molecule has 0 fully saturated rings. The molecule has 0 heterocycles. The Hall–Kier alpha value is -1.32.